The number of likely N-dealkylation sites (tertiary alicyclic amines) is 1. The molecule has 190 valence electrons. The number of benzene rings is 1. The van der Waals surface area contributed by atoms with Gasteiger partial charge in [0, 0.05) is 50.7 Å². The highest BCUT2D eigenvalue weighted by Crippen LogP contribution is 2.29. The Morgan fingerprint density at radius 1 is 1.03 bits per heavy atom. The van der Waals surface area contributed by atoms with Gasteiger partial charge in [0.05, 0.1) is 5.56 Å². The summed E-state index contributed by atoms with van der Waals surface area (Å²) in [6.45, 7) is 8.45. The number of carbonyl (C=O) groups excluding carboxylic acids is 1. The fraction of sp³-hybridized carbons (Fsp3) is 0.560. The molecule has 10 heteroatoms. The van der Waals surface area contributed by atoms with E-state index in [-0.39, 0.29) is 24.1 Å². The molecule has 2 amide bonds. The number of alkyl halides is 3. The molecule has 2 saturated heterocycles. The Bertz CT molecular complexity index is 951. The molecule has 0 unspecified atom stereocenters. The van der Waals surface area contributed by atoms with Crippen LogP contribution in [0, 0.1) is 5.92 Å². The summed E-state index contributed by atoms with van der Waals surface area (Å²) < 4.78 is 38.4. The number of aromatic nitrogens is 2. The van der Waals surface area contributed by atoms with Gasteiger partial charge in [-0.1, -0.05) is 30.3 Å². The average Bonchev–Trinajstić information content (AvgIpc) is 2.83. The highest BCUT2D eigenvalue weighted by molar-refractivity contribution is 5.75. The lowest BCUT2D eigenvalue weighted by Crippen LogP contribution is -2.61. The number of hydrogen-bond acceptors (Lipinski definition) is 5. The van der Waals surface area contributed by atoms with E-state index < -0.39 is 11.7 Å². The van der Waals surface area contributed by atoms with Crippen molar-refractivity contribution >= 4 is 12.0 Å². The summed E-state index contributed by atoms with van der Waals surface area (Å²) in [6.07, 6.45) is -0.743. The van der Waals surface area contributed by atoms with Gasteiger partial charge < -0.3 is 15.1 Å². The monoisotopic (exact) mass is 490 g/mol. The molecule has 0 saturated carbocycles. The maximum absolute atomic E-state index is 13.0. The first-order chi connectivity index (χ1) is 16.7. The Morgan fingerprint density at radius 3 is 2.20 bits per heavy atom. The van der Waals surface area contributed by atoms with Crippen molar-refractivity contribution in [2.24, 2.45) is 5.92 Å². The van der Waals surface area contributed by atoms with Gasteiger partial charge in [-0.3, -0.25) is 4.90 Å². The molecular weight excluding hydrogens is 457 g/mol. The van der Waals surface area contributed by atoms with Gasteiger partial charge in [0.25, 0.3) is 0 Å². The van der Waals surface area contributed by atoms with Crippen LogP contribution in [0.15, 0.2) is 42.7 Å². The topological polar surface area (TPSA) is 64.6 Å². The molecule has 3 heterocycles. The zero-order valence-corrected chi connectivity index (χ0v) is 20.2. The number of urea groups is 1. The Kier molecular flexibility index (Phi) is 7.78. The average molecular weight is 491 g/mol. The summed E-state index contributed by atoms with van der Waals surface area (Å²) in [5.41, 5.74) is 0.453. The van der Waals surface area contributed by atoms with Gasteiger partial charge in [0.2, 0.25) is 5.95 Å². The Balaban J connectivity index is 1.24. The minimum atomic E-state index is -4.46. The van der Waals surface area contributed by atoms with Crippen molar-refractivity contribution in [1.82, 2.24) is 25.1 Å². The summed E-state index contributed by atoms with van der Waals surface area (Å²) in [5.74, 6) is 0.706. The van der Waals surface area contributed by atoms with Crippen LogP contribution in [-0.2, 0) is 12.7 Å². The van der Waals surface area contributed by atoms with Crippen molar-refractivity contribution in [2.45, 2.75) is 51.5 Å². The molecule has 35 heavy (non-hydrogen) atoms. The Labute approximate surface area is 204 Å². The number of hydrogen-bond donors (Lipinski definition) is 1. The number of carbonyl (C=O) groups is 1. The smallest absolute Gasteiger partial charge is 0.338 e. The molecule has 0 bridgehead atoms. The molecule has 0 radical (unpaired) electrons. The molecule has 1 N–H and O–H groups in total. The lowest BCUT2D eigenvalue weighted by Gasteiger charge is -2.44. The maximum Gasteiger partial charge on any atom is 0.419 e. The number of piperidine rings is 1. The highest BCUT2D eigenvalue weighted by Gasteiger charge is 2.35. The minimum absolute atomic E-state index is 0.0929. The van der Waals surface area contributed by atoms with Crippen molar-refractivity contribution < 1.29 is 18.0 Å². The number of amides is 2. The van der Waals surface area contributed by atoms with Gasteiger partial charge in [-0.15, -0.1) is 0 Å². The van der Waals surface area contributed by atoms with Crippen LogP contribution >= 0.6 is 0 Å². The minimum Gasteiger partial charge on any atom is -0.338 e. The number of anilines is 1. The van der Waals surface area contributed by atoms with Crippen LogP contribution in [0.4, 0.5) is 23.9 Å². The molecule has 0 spiro atoms. The quantitative estimate of drug-likeness (QED) is 0.686. The summed E-state index contributed by atoms with van der Waals surface area (Å²) in [5, 5.41) is 3.12. The van der Waals surface area contributed by atoms with E-state index in [0.29, 0.717) is 25.6 Å². The van der Waals surface area contributed by atoms with E-state index in [1.165, 1.54) is 5.56 Å². The first kappa shape index (κ1) is 25.2. The first-order valence-corrected chi connectivity index (χ1v) is 12.2. The molecule has 1 aromatic carbocycles. The number of halogens is 3. The molecule has 2 aromatic rings. The Hall–Kier alpha value is -2.88. The second kappa shape index (κ2) is 10.8. The first-order valence-electron chi connectivity index (χ1n) is 12.2. The van der Waals surface area contributed by atoms with E-state index in [0.717, 1.165) is 44.9 Å². The van der Waals surface area contributed by atoms with Gasteiger partial charge in [0.1, 0.15) is 0 Å². The van der Waals surface area contributed by atoms with Crippen molar-refractivity contribution in [3.05, 3.63) is 53.9 Å². The normalized spacial score (nSPS) is 22.3. The maximum atomic E-state index is 13.0. The van der Waals surface area contributed by atoms with E-state index in [2.05, 4.69) is 44.5 Å². The van der Waals surface area contributed by atoms with Crippen molar-refractivity contribution in [1.29, 1.82) is 0 Å². The fourth-order valence-electron chi connectivity index (χ4n) is 5.03. The van der Waals surface area contributed by atoms with Crippen LogP contribution in [0.3, 0.4) is 0 Å². The third kappa shape index (κ3) is 6.42. The van der Waals surface area contributed by atoms with E-state index in [1.807, 2.05) is 29.7 Å². The van der Waals surface area contributed by atoms with Crippen molar-refractivity contribution in [3.63, 3.8) is 0 Å². The second-order valence-corrected chi connectivity index (χ2v) is 9.67. The number of nitrogens with zero attached hydrogens (tertiary/aromatic N) is 5. The van der Waals surface area contributed by atoms with Crippen LogP contribution in [0.1, 0.15) is 37.8 Å². The summed E-state index contributed by atoms with van der Waals surface area (Å²) in [6, 6.07) is 10.1. The summed E-state index contributed by atoms with van der Waals surface area (Å²) in [7, 11) is 0. The number of rotatable bonds is 5. The highest BCUT2D eigenvalue weighted by atomic mass is 19.4. The summed E-state index contributed by atoms with van der Waals surface area (Å²) >= 11 is 0. The number of piperazine rings is 1. The van der Waals surface area contributed by atoms with Gasteiger partial charge in [0.15, 0.2) is 0 Å². The Morgan fingerprint density at radius 2 is 1.63 bits per heavy atom. The van der Waals surface area contributed by atoms with E-state index in [4.69, 9.17) is 0 Å². The van der Waals surface area contributed by atoms with E-state index >= 15 is 0 Å². The molecule has 0 aliphatic carbocycles. The molecule has 4 rings (SSSR count). The van der Waals surface area contributed by atoms with Crippen LogP contribution in [0.5, 0.6) is 0 Å². The third-order valence-corrected chi connectivity index (χ3v) is 6.90. The number of nitrogens with one attached hydrogen (secondary N) is 1. The SMILES string of the molecule is C[C@@H]1CN(c2ncc(C(F)(F)F)cn2)C[C@H](C)N1C(=O)NCC1CCN(Cc2ccccc2)CC1. The lowest BCUT2D eigenvalue weighted by molar-refractivity contribution is -0.138. The van der Waals surface area contributed by atoms with Crippen LogP contribution in [0.25, 0.3) is 0 Å². The largest absolute Gasteiger partial charge is 0.419 e. The van der Waals surface area contributed by atoms with Crippen LogP contribution in [-0.4, -0.2) is 70.6 Å². The molecule has 2 aliphatic rings. The molecule has 2 fully saturated rings. The van der Waals surface area contributed by atoms with Gasteiger partial charge in [-0.2, -0.15) is 13.2 Å². The fourth-order valence-corrected chi connectivity index (χ4v) is 5.03. The van der Waals surface area contributed by atoms with E-state index in [9.17, 15) is 18.0 Å². The third-order valence-electron chi connectivity index (χ3n) is 6.90. The standard InChI is InChI=1S/C25H33F3N6O/c1-18-15-33(23-29-13-22(14-30-23)25(26,27)28)16-19(2)34(18)24(35)31-12-20-8-10-32(11-9-20)17-21-6-4-3-5-7-21/h3-7,13-14,18-20H,8-12,15-17H2,1-2H3,(H,31,35)/t18-,19+. The van der Waals surface area contributed by atoms with Gasteiger partial charge in [-0.05, 0) is 51.3 Å². The molecule has 1 aromatic heterocycles. The zero-order chi connectivity index (χ0) is 25.0. The van der Waals surface area contributed by atoms with Crippen molar-refractivity contribution in [2.75, 3.05) is 37.6 Å². The zero-order valence-electron chi connectivity index (χ0n) is 20.2. The van der Waals surface area contributed by atoms with E-state index in [1.54, 1.807) is 0 Å². The van der Waals surface area contributed by atoms with Gasteiger partial charge >= 0.3 is 12.2 Å². The molecular formula is C25H33F3N6O. The predicted molar refractivity (Wildman–Crippen MR) is 128 cm³/mol. The lowest BCUT2D eigenvalue weighted by atomic mass is 9.96. The molecule has 2 atom stereocenters. The molecule has 2 aliphatic heterocycles. The van der Waals surface area contributed by atoms with Crippen LogP contribution in [0.2, 0.25) is 0 Å². The van der Waals surface area contributed by atoms with Crippen molar-refractivity contribution in [3.8, 4) is 0 Å². The van der Waals surface area contributed by atoms with Gasteiger partial charge in [-0.25, -0.2) is 14.8 Å². The second-order valence-electron chi connectivity index (χ2n) is 9.67. The van der Waals surface area contributed by atoms with Crippen LogP contribution < -0.4 is 10.2 Å². The predicted octanol–water partition coefficient (Wildman–Crippen LogP) is 4.02. The molecule has 7 nitrogen and oxygen atoms in total. The summed E-state index contributed by atoms with van der Waals surface area (Å²) in [4.78, 5) is 26.9.